The van der Waals surface area contributed by atoms with Crippen LogP contribution in [0, 0.1) is 0 Å². The molecule has 2 aliphatic rings. The van der Waals surface area contributed by atoms with Crippen molar-refractivity contribution in [3.63, 3.8) is 0 Å². The van der Waals surface area contributed by atoms with E-state index in [9.17, 15) is 0 Å². The van der Waals surface area contributed by atoms with E-state index in [1.54, 1.807) is 0 Å². The van der Waals surface area contributed by atoms with Gasteiger partial charge in [0, 0.05) is 51.4 Å². The lowest BCUT2D eigenvalue weighted by molar-refractivity contribution is -0.00834. The van der Waals surface area contributed by atoms with Crippen molar-refractivity contribution in [2.75, 3.05) is 72.6 Å². The summed E-state index contributed by atoms with van der Waals surface area (Å²) in [6.45, 7) is 18.4. The number of hydrogen-bond acceptors (Lipinski definition) is 5. The molecule has 0 amide bonds. The number of aliphatic imine (C=N–C) groups is 1. The second-order valence-corrected chi connectivity index (χ2v) is 9.71. The van der Waals surface area contributed by atoms with Crippen LogP contribution in [0.15, 0.2) is 29.3 Å². The molecule has 0 saturated carbocycles. The van der Waals surface area contributed by atoms with Gasteiger partial charge in [-0.15, -0.1) is 0 Å². The van der Waals surface area contributed by atoms with Crippen LogP contribution in [0.5, 0.6) is 0 Å². The van der Waals surface area contributed by atoms with Crippen molar-refractivity contribution in [2.24, 2.45) is 4.99 Å². The van der Waals surface area contributed by atoms with Crippen LogP contribution in [0.3, 0.4) is 0 Å². The van der Waals surface area contributed by atoms with E-state index in [4.69, 9.17) is 9.73 Å². The summed E-state index contributed by atoms with van der Waals surface area (Å²) in [5.74, 6) is 0.881. The lowest BCUT2D eigenvalue weighted by Gasteiger charge is -2.41. The summed E-state index contributed by atoms with van der Waals surface area (Å²) in [6, 6.07) is 8.98. The number of nitrogens with one attached hydrogen (secondary N) is 2. The van der Waals surface area contributed by atoms with E-state index in [1.165, 1.54) is 30.6 Å². The molecule has 0 atom stereocenters. The molecular weight excluding hydrogens is 400 g/mol. The molecular formula is C25H44N6O. The minimum absolute atomic E-state index is 0.0593. The molecule has 32 heavy (non-hydrogen) atoms. The predicted molar refractivity (Wildman–Crippen MR) is 133 cm³/mol. The summed E-state index contributed by atoms with van der Waals surface area (Å²) < 4.78 is 5.50. The molecule has 1 aromatic rings. The molecule has 3 rings (SSSR count). The van der Waals surface area contributed by atoms with Gasteiger partial charge in [0.2, 0.25) is 0 Å². The Morgan fingerprint density at radius 2 is 1.69 bits per heavy atom. The first-order valence-electron chi connectivity index (χ1n) is 12.3. The Balaban J connectivity index is 1.50. The molecule has 7 nitrogen and oxygen atoms in total. The normalized spacial score (nSPS) is 20.2. The Morgan fingerprint density at radius 1 is 0.969 bits per heavy atom. The lowest BCUT2D eigenvalue weighted by Crippen LogP contribution is -2.56. The topological polar surface area (TPSA) is 55.4 Å². The van der Waals surface area contributed by atoms with E-state index in [-0.39, 0.29) is 5.54 Å². The molecule has 2 aliphatic heterocycles. The third-order valence-corrected chi connectivity index (χ3v) is 6.56. The summed E-state index contributed by atoms with van der Waals surface area (Å²) in [5, 5.41) is 6.94. The first-order valence-corrected chi connectivity index (χ1v) is 12.3. The van der Waals surface area contributed by atoms with Gasteiger partial charge in [0.05, 0.1) is 19.8 Å². The van der Waals surface area contributed by atoms with Gasteiger partial charge in [0.1, 0.15) is 0 Å². The number of nitrogens with zero attached hydrogens (tertiary/aromatic N) is 4. The number of benzene rings is 1. The number of guanidine groups is 1. The van der Waals surface area contributed by atoms with Gasteiger partial charge in [-0.25, -0.2) is 4.99 Å². The van der Waals surface area contributed by atoms with Gasteiger partial charge >= 0.3 is 0 Å². The highest BCUT2D eigenvalue weighted by Gasteiger charge is 2.28. The fourth-order valence-corrected chi connectivity index (χ4v) is 4.36. The Morgan fingerprint density at radius 3 is 2.41 bits per heavy atom. The van der Waals surface area contributed by atoms with Crippen LogP contribution in [0.25, 0.3) is 0 Å². The molecule has 180 valence electrons. The standard InChI is InChI=1S/C25H44N6O/c1-5-26-24(28-21-25(2,3)31-15-17-32-18-16-31)27-19-22-7-9-23(10-8-22)20-30-12-6-11-29(4)13-14-30/h7-10H,5-6,11-21H2,1-4H3,(H2,26,27,28). The van der Waals surface area contributed by atoms with Gasteiger partial charge in [-0.3, -0.25) is 9.80 Å². The molecule has 2 fully saturated rings. The number of hydrogen-bond donors (Lipinski definition) is 2. The van der Waals surface area contributed by atoms with Crippen molar-refractivity contribution < 1.29 is 4.74 Å². The number of ether oxygens (including phenoxy) is 1. The molecule has 0 spiro atoms. The summed E-state index contributed by atoms with van der Waals surface area (Å²) in [7, 11) is 2.22. The summed E-state index contributed by atoms with van der Waals surface area (Å²) in [6.07, 6.45) is 1.26. The zero-order valence-corrected chi connectivity index (χ0v) is 20.7. The van der Waals surface area contributed by atoms with E-state index in [1.807, 2.05) is 0 Å². The molecule has 2 heterocycles. The van der Waals surface area contributed by atoms with Crippen LogP contribution in [0.2, 0.25) is 0 Å². The highest BCUT2D eigenvalue weighted by Crippen LogP contribution is 2.15. The van der Waals surface area contributed by atoms with E-state index in [0.717, 1.165) is 65.0 Å². The highest BCUT2D eigenvalue weighted by molar-refractivity contribution is 5.79. The van der Waals surface area contributed by atoms with E-state index in [0.29, 0.717) is 6.54 Å². The third kappa shape index (κ3) is 8.03. The van der Waals surface area contributed by atoms with Crippen LogP contribution in [-0.4, -0.2) is 98.8 Å². The maximum absolute atomic E-state index is 5.50. The van der Waals surface area contributed by atoms with Crippen molar-refractivity contribution in [1.29, 1.82) is 0 Å². The first-order chi connectivity index (χ1) is 15.5. The maximum atomic E-state index is 5.50. The second-order valence-electron chi connectivity index (χ2n) is 9.71. The van der Waals surface area contributed by atoms with E-state index in [2.05, 4.69) is 77.4 Å². The molecule has 0 aliphatic carbocycles. The second kappa shape index (κ2) is 12.5. The van der Waals surface area contributed by atoms with Gasteiger partial charge in [0.15, 0.2) is 5.96 Å². The summed E-state index contributed by atoms with van der Waals surface area (Å²) in [5.41, 5.74) is 2.69. The number of likely N-dealkylation sites (N-methyl/N-ethyl adjacent to an activating group) is 1. The minimum atomic E-state index is 0.0593. The molecule has 0 unspecified atom stereocenters. The van der Waals surface area contributed by atoms with E-state index < -0.39 is 0 Å². The SMILES string of the molecule is CCNC(=NCc1ccc(CN2CCCN(C)CC2)cc1)NCC(C)(C)N1CCOCC1. The van der Waals surface area contributed by atoms with Crippen LogP contribution >= 0.6 is 0 Å². The van der Waals surface area contributed by atoms with Gasteiger partial charge in [0.25, 0.3) is 0 Å². The average molecular weight is 445 g/mol. The van der Waals surface area contributed by atoms with Crippen LogP contribution < -0.4 is 10.6 Å². The van der Waals surface area contributed by atoms with E-state index >= 15 is 0 Å². The fraction of sp³-hybridized carbons (Fsp3) is 0.720. The quantitative estimate of drug-likeness (QED) is 0.473. The maximum Gasteiger partial charge on any atom is 0.191 e. The largest absolute Gasteiger partial charge is 0.379 e. The number of morpholine rings is 1. The molecule has 7 heteroatoms. The van der Waals surface area contributed by atoms with Crippen molar-refractivity contribution in [1.82, 2.24) is 25.3 Å². The van der Waals surface area contributed by atoms with Crippen LogP contribution in [0.4, 0.5) is 0 Å². The van der Waals surface area contributed by atoms with Crippen molar-refractivity contribution >= 4 is 5.96 Å². The average Bonchev–Trinajstić information content (AvgIpc) is 3.01. The van der Waals surface area contributed by atoms with Crippen molar-refractivity contribution in [3.8, 4) is 0 Å². The third-order valence-electron chi connectivity index (χ3n) is 6.56. The van der Waals surface area contributed by atoms with Gasteiger partial charge in [-0.2, -0.15) is 0 Å². The van der Waals surface area contributed by atoms with Crippen molar-refractivity contribution in [2.45, 2.75) is 45.8 Å². The van der Waals surface area contributed by atoms with Crippen molar-refractivity contribution in [3.05, 3.63) is 35.4 Å². The fourth-order valence-electron chi connectivity index (χ4n) is 4.36. The zero-order valence-electron chi connectivity index (χ0n) is 20.7. The van der Waals surface area contributed by atoms with Gasteiger partial charge in [-0.05, 0) is 58.5 Å². The first kappa shape index (κ1) is 25.0. The smallest absolute Gasteiger partial charge is 0.191 e. The Kier molecular flexibility index (Phi) is 9.78. The van der Waals surface area contributed by atoms with Crippen LogP contribution in [0.1, 0.15) is 38.3 Å². The Labute approximate surface area is 195 Å². The Hall–Kier alpha value is -1.67. The zero-order chi connectivity index (χ0) is 22.8. The molecule has 0 radical (unpaired) electrons. The van der Waals surface area contributed by atoms with Crippen LogP contribution in [-0.2, 0) is 17.8 Å². The molecule has 2 saturated heterocycles. The summed E-state index contributed by atoms with van der Waals surface area (Å²) >= 11 is 0. The minimum Gasteiger partial charge on any atom is -0.379 e. The molecule has 0 aromatic heterocycles. The lowest BCUT2D eigenvalue weighted by atomic mass is 10.0. The van der Waals surface area contributed by atoms with Gasteiger partial charge in [-0.1, -0.05) is 24.3 Å². The predicted octanol–water partition coefficient (Wildman–Crippen LogP) is 1.99. The highest BCUT2D eigenvalue weighted by atomic mass is 16.5. The molecule has 2 N–H and O–H groups in total. The molecule has 0 bridgehead atoms. The number of rotatable bonds is 8. The molecule has 1 aromatic carbocycles. The van der Waals surface area contributed by atoms with Gasteiger partial charge < -0.3 is 20.3 Å². The monoisotopic (exact) mass is 444 g/mol. The summed E-state index contributed by atoms with van der Waals surface area (Å²) in [4.78, 5) is 12.3. The Bertz CT molecular complexity index is 699.